The highest BCUT2D eigenvalue weighted by Gasteiger charge is 2.16. The summed E-state index contributed by atoms with van der Waals surface area (Å²) in [4.78, 5) is 12.0. The molecule has 2 amide bonds. The van der Waals surface area contributed by atoms with Crippen LogP contribution in [-0.2, 0) is 0 Å². The van der Waals surface area contributed by atoms with Crippen LogP contribution in [0.15, 0.2) is 41.0 Å². The Hall–Kier alpha value is -2.18. The molecule has 0 fully saturated rings. The molecule has 1 aromatic heterocycles. The average Bonchev–Trinajstić information content (AvgIpc) is 3.03. The summed E-state index contributed by atoms with van der Waals surface area (Å²) >= 11 is 6.07. The summed E-state index contributed by atoms with van der Waals surface area (Å²) in [6, 6.07) is 7.70. The van der Waals surface area contributed by atoms with Gasteiger partial charge in [-0.3, -0.25) is 0 Å². The second-order valence-electron chi connectivity index (χ2n) is 5.11. The third kappa shape index (κ3) is 4.91. The molecule has 2 atom stereocenters. The molecule has 0 saturated carbocycles. The number of amides is 2. The van der Waals surface area contributed by atoms with Crippen LogP contribution in [0.3, 0.4) is 0 Å². The number of carbonyl (C=O) groups excluding carboxylic acids is 1. The van der Waals surface area contributed by atoms with Gasteiger partial charge in [-0.25, -0.2) is 4.79 Å². The van der Waals surface area contributed by atoms with Crippen molar-refractivity contribution in [2.24, 2.45) is 0 Å². The van der Waals surface area contributed by atoms with E-state index in [1.165, 1.54) is 13.4 Å². The molecule has 0 aliphatic rings. The van der Waals surface area contributed by atoms with Gasteiger partial charge in [-0.15, -0.1) is 0 Å². The predicted octanol–water partition coefficient (Wildman–Crippen LogP) is 3.58. The first-order valence-electron chi connectivity index (χ1n) is 7.12. The van der Waals surface area contributed by atoms with Gasteiger partial charge in [0.2, 0.25) is 0 Å². The molecule has 0 aliphatic heterocycles. The van der Waals surface area contributed by atoms with E-state index in [9.17, 15) is 9.90 Å². The molecule has 0 aliphatic carbocycles. The Morgan fingerprint density at radius 1 is 1.43 bits per heavy atom. The zero-order chi connectivity index (χ0) is 16.8. The van der Waals surface area contributed by atoms with E-state index in [1.54, 1.807) is 37.3 Å². The number of halogens is 1. The third-order valence-corrected chi connectivity index (χ3v) is 3.56. The second kappa shape index (κ2) is 7.89. The van der Waals surface area contributed by atoms with Crippen LogP contribution >= 0.6 is 11.6 Å². The van der Waals surface area contributed by atoms with Gasteiger partial charge in [0.15, 0.2) is 0 Å². The number of hydrogen-bond acceptors (Lipinski definition) is 4. The van der Waals surface area contributed by atoms with Crippen LogP contribution in [0.1, 0.15) is 25.2 Å². The summed E-state index contributed by atoms with van der Waals surface area (Å²) in [7, 11) is 1.54. The lowest BCUT2D eigenvalue weighted by Gasteiger charge is -2.17. The number of anilines is 1. The highest BCUT2D eigenvalue weighted by atomic mass is 35.5. The molecule has 3 N–H and O–H groups in total. The van der Waals surface area contributed by atoms with Crippen molar-refractivity contribution in [3.05, 3.63) is 47.4 Å². The van der Waals surface area contributed by atoms with E-state index in [0.717, 1.165) is 0 Å². The standard InChI is InChI=1S/C16H19ClN2O4/c1-10(8-14(20)15-4-3-7-23-15)18-16(21)19-13-6-5-11(22-2)9-12(13)17/h3-7,9-10,14,20H,8H2,1-2H3,(H2,18,19,21). The summed E-state index contributed by atoms with van der Waals surface area (Å²) in [6.45, 7) is 1.79. The zero-order valence-corrected chi connectivity index (χ0v) is 13.6. The SMILES string of the molecule is COc1ccc(NC(=O)NC(C)CC(O)c2ccco2)c(Cl)c1. The topological polar surface area (TPSA) is 83.7 Å². The molecular formula is C16H19ClN2O4. The number of benzene rings is 1. The number of nitrogens with one attached hydrogen (secondary N) is 2. The molecule has 1 aromatic carbocycles. The Kier molecular flexibility index (Phi) is 5.90. The fraction of sp³-hybridized carbons (Fsp3) is 0.312. The lowest BCUT2D eigenvalue weighted by molar-refractivity contribution is 0.130. The molecule has 2 aromatic rings. The molecule has 6 nitrogen and oxygen atoms in total. The van der Waals surface area contributed by atoms with Crippen molar-refractivity contribution in [1.82, 2.24) is 5.32 Å². The fourth-order valence-electron chi connectivity index (χ4n) is 2.10. The lowest BCUT2D eigenvalue weighted by atomic mass is 10.1. The molecule has 0 spiro atoms. The van der Waals surface area contributed by atoms with Gasteiger partial charge in [0.25, 0.3) is 0 Å². The lowest BCUT2D eigenvalue weighted by Crippen LogP contribution is -2.37. The first-order chi connectivity index (χ1) is 11.0. The van der Waals surface area contributed by atoms with Gasteiger partial charge in [-0.2, -0.15) is 0 Å². The van der Waals surface area contributed by atoms with Crippen molar-refractivity contribution in [2.75, 3.05) is 12.4 Å². The first-order valence-corrected chi connectivity index (χ1v) is 7.50. The Morgan fingerprint density at radius 2 is 2.22 bits per heavy atom. The number of methoxy groups -OCH3 is 1. The number of hydrogen-bond donors (Lipinski definition) is 3. The van der Waals surface area contributed by atoms with Gasteiger partial charge in [0.1, 0.15) is 17.6 Å². The second-order valence-corrected chi connectivity index (χ2v) is 5.52. The van der Waals surface area contributed by atoms with Gasteiger partial charge < -0.3 is 24.9 Å². The van der Waals surface area contributed by atoms with Gasteiger partial charge in [-0.05, 0) is 31.2 Å². The molecule has 1 heterocycles. The van der Waals surface area contributed by atoms with Crippen LogP contribution in [0.4, 0.5) is 10.5 Å². The number of urea groups is 1. The van der Waals surface area contributed by atoms with Crippen molar-refractivity contribution in [3.63, 3.8) is 0 Å². The van der Waals surface area contributed by atoms with E-state index in [-0.39, 0.29) is 6.04 Å². The molecular weight excluding hydrogens is 320 g/mol. The molecule has 23 heavy (non-hydrogen) atoms. The van der Waals surface area contributed by atoms with E-state index in [1.807, 2.05) is 0 Å². The van der Waals surface area contributed by atoms with Crippen molar-refractivity contribution >= 4 is 23.3 Å². The van der Waals surface area contributed by atoms with Gasteiger partial charge in [0.05, 0.1) is 24.1 Å². The van der Waals surface area contributed by atoms with Crippen molar-refractivity contribution in [2.45, 2.75) is 25.5 Å². The smallest absolute Gasteiger partial charge is 0.319 e. The first kappa shape index (κ1) is 17.2. The van der Waals surface area contributed by atoms with Crippen LogP contribution in [0.2, 0.25) is 5.02 Å². The Bertz CT molecular complexity index is 646. The molecule has 2 unspecified atom stereocenters. The number of aliphatic hydroxyl groups is 1. The minimum atomic E-state index is -0.773. The maximum atomic E-state index is 12.0. The maximum absolute atomic E-state index is 12.0. The van der Waals surface area contributed by atoms with Crippen molar-refractivity contribution < 1.29 is 19.1 Å². The molecule has 0 bridgehead atoms. The molecule has 2 rings (SSSR count). The molecule has 0 radical (unpaired) electrons. The van der Waals surface area contributed by atoms with E-state index < -0.39 is 12.1 Å². The zero-order valence-electron chi connectivity index (χ0n) is 12.9. The Morgan fingerprint density at radius 3 is 2.83 bits per heavy atom. The van der Waals surface area contributed by atoms with E-state index in [2.05, 4.69) is 10.6 Å². The normalized spacial score (nSPS) is 13.2. The fourth-order valence-corrected chi connectivity index (χ4v) is 2.31. The number of aliphatic hydroxyl groups excluding tert-OH is 1. The van der Waals surface area contributed by atoms with Gasteiger partial charge in [0, 0.05) is 18.5 Å². The molecule has 124 valence electrons. The summed E-state index contributed by atoms with van der Waals surface area (Å²) in [5, 5.41) is 15.8. The quantitative estimate of drug-likeness (QED) is 0.751. The van der Waals surface area contributed by atoms with Gasteiger partial charge >= 0.3 is 6.03 Å². The van der Waals surface area contributed by atoms with Crippen LogP contribution in [-0.4, -0.2) is 24.3 Å². The van der Waals surface area contributed by atoms with E-state index >= 15 is 0 Å². The Labute approximate surface area is 139 Å². The monoisotopic (exact) mass is 338 g/mol. The van der Waals surface area contributed by atoms with Crippen LogP contribution < -0.4 is 15.4 Å². The maximum Gasteiger partial charge on any atom is 0.319 e. The number of rotatable bonds is 6. The highest BCUT2D eigenvalue weighted by molar-refractivity contribution is 6.33. The van der Waals surface area contributed by atoms with E-state index in [4.69, 9.17) is 20.8 Å². The average molecular weight is 339 g/mol. The summed E-state index contributed by atoms with van der Waals surface area (Å²) in [6.07, 6.45) is 1.05. The summed E-state index contributed by atoms with van der Waals surface area (Å²) < 4.78 is 10.2. The van der Waals surface area contributed by atoms with Gasteiger partial charge in [-0.1, -0.05) is 11.6 Å². The minimum Gasteiger partial charge on any atom is -0.497 e. The van der Waals surface area contributed by atoms with Crippen molar-refractivity contribution in [1.29, 1.82) is 0 Å². The highest BCUT2D eigenvalue weighted by Crippen LogP contribution is 2.26. The molecule has 0 saturated heterocycles. The predicted molar refractivity (Wildman–Crippen MR) is 87.9 cm³/mol. The number of furan rings is 1. The summed E-state index contributed by atoms with van der Waals surface area (Å²) in [5.74, 6) is 1.08. The van der Waals surface area contributed by atoms with E-state index in [0.29, 0.717) is 28.6 Å². The molecule has 7 heteroatoms. The summed E-state index contributed by atoms with van der Waals surface area (Å²) in [5.41, 5.74) is 0.476. The largest absolute Gasteiger partial charge is 0.497 e. The Balaban J connectivity index is 1.86. The van der Waals surface area contributed by atoms with Crippen LogP contribution in [0.5, 0.6) is 5.75 Å². The van der Waals surface area contributed by atoms with Crippen LogP contribution in [0, 0.1) is 0 Å². The number of ether oxygens (including phenoxy) is 1. The van der Waals surface area contributed by atoms with Crippen molar-refractivity contribution in [3.8, 4) is 5.75 Å². The third-order valence-electron chi connectivity index (χ3n) is 3.25. The van der Waals surface area contributed by atoms with Crippen LogP contribution in [0.25, 0.3) is 0 Å². The number of carbonyl (C=O) groups is 1. The minimum absolute atomic E-state index is 0.257.